The zero-order valence-corrected chi connectivity index (χ0v) is 17.3. The second kappa shape index (κ2) is 8.83. The van der Waals surface area contributed by atoms with Crippen molar-refractivity contribution in [3.05, 3.63) is 90.2 Å². The molecule has 2 heterocycles. The Balaban J connectivity index is 1.55. The van der Waals surface area contributed by atoms with Gasteiger partial charge >= 0.3 is 5.97 Å². The van der Waals surface area contributed by atoms with Gasteiger partial charge in [0, 0.05) is 19.0 Å². The Kier molecular flexibility index (Phi) is 5.80. The molecule has 0 aliphatic heterocycles. The number of esters is 1. The quantitative estimate of drug-likeness (QED) is 0.428. The lowest BCUT2D eigenvalue weighted by Gasteiger charge is -2.22. The van der Waals surface area contributed by atoms with Gasteiger partial charge in [0.05, 0.1) is 17.3 Å². The van der Waals surface area contributed by atoms with Gasteiger partial charge in [0.1, 0.15) is 5.69 Å². The molecule has 1 amide bonds. The van der Waals surface area contributed by atoms with Gasteiger partial charge in [-0.25, -0.2) is 9.78 Å². The highest BCUT2D eigenvalue weighted by Gasteiger charge is 2.24. The molecule has 0 aliphatic carbocycles. The molecule has 0 saturated heterocycles. The topological polar surface area (TPSA) is 72.6 Å². The molecule has 2 aromatic heterocycles. The van der Waals surface area contributed by atoms with Crippen LogP contribution in [-0.4, -0.2) is 34.9 Å². The highest BCUT2D eigenvalue weighted by atomic mass is 16.5. The molecule has 0 spiro atoms. The first-order chi connectivity index (χ1) is 15.0. The first kappa shape index (κ1) is 20.3. The molecular formula is C25H22N2O4. The third-order valence-corrected chi connectivity index (χ3v) is 4.98. The summed E-state index contributed by atoms with van der Waals surface area (Å²) in [6, 6.07) is 22.1. The smallest absolute Gasteiger partial charge is 0.339 e. The van der Waals surface area contributed by atoms with E-state index in [0.717, 1.165) is 5.56 Å². The molecule has 2 aromatic carbocycles. The van der Waals surface area contributed by atoms with Crippen LogP contribution in [0, 0.1) is 0 Å². The Labute approximate surface area is 180 Å². The van der Waals surface area contributed by atoms with Gasteiger partial charge in [0.25, 0.3) is 5.91 Å². The lowest BCUT2D eigenvalue weighted by Crippen LogP contribution is -2.37. The van der Waals surface area contributed by atoms with Crippen LogP contribution in [0.3, 0.4) is 0 Å². The van der Waals surface area contributed by atoms with Crippen molar-refractivity contribution in [3.63, 3.8) is 0 Å². The molecule has 1 atom stereocenters. The van der Waals surface area contributed by atoms with E-state index in [1.54, 1.807) is 49.4 Å². The van der Waals surface area contributed by atoms with E-state index in [0.29, 0.717) is 34.5 Å². The molecule has 0 aliphatic rings. The Morgan fingerprint density at radius 2 is 1.77 bits per heavy atom. The molecule has 6 nitrogen and oxygen atoms in total. The number of aromatic nitrogens is 1. The van der Waals surface area contributed by atoms with Crippen molar-refractivity contribution >= 4 is 22.8 Å². The highest BCUT2D eigenvalue weighted by Crippen LogP contribution is 2.26. The molecule has 156 valence electrons. The van der Waals surface area contributed by atoms with E-state index in [-0.39, 0.29) is 5.91 Å². The van der Waals surface area contributed by atoms with Gasteiger partial charge in [0.15, 0.2) is 11.9 Å². The molecule has 0 unspecified atom stereocenters. The number of benzene rings is 2. The van der Waals surface area contributed by atoms with E-state index in [4.69, 9.17) is 9.15 Å². The summed E-state index contributed by atoms with van der Waals surface area (Å²) in [7, 11) is 1.69. The summed E-state index contributed by atoms with van der Waals surface area (Å²) in [5, 5.41) is 0.653. The average molecular weight is 414 g/mol. The van der Waals surface area contributed by atoms with Crippen LogP contribution in [0.4, 0.5) is 0 Å². The van der Waals surface area contributed by atoms with Crippen molar-refractivity contribution in [2.75, 3.05) is 7.05 Å². The summed E-state index contributed by atoms with van der Waals surface area (Å²) in [5.74, 6) is -0.311. The summed E-state index contributed by atoms with van der Waals surface area (Å²) in [5.41, 5.74) is 2.50. The first-order valence-corrected chi connectivity index (χ1v) is 9.96. The highest BCUT2D eigenvalue weighted by molar-refractivity contribution is 6.05. The number of hydrogen-bond donors (Lipinski definition) is 0. The largest absolute Gasteiger partial charge is 0.463 e. The van der Waals surface area contributed by atoms with Crippen molar-refractivity contribution in [2.24, 2.45) is 0 Å². The van der Waals surface area contributed by atoms with Crippen LogP contribution < -0.4 is 0 Å². The number of hydrogen-bond acceptors (Lipinski definition) is 5. The fourth-order valence-corrected chi connectivity index (χ4v) is 3.41. The van der Waals surface area contributed by atoms with E-state index < -0.39 is 12.1 Å². The molecule has 31 heavy (non-hydrogen) atoms. The van der Waals surface area contributed by atoms with Crippen LogP contribution >= 0.6 is 0 Å². The number of para-hydroxylation sites is 1. The minimum absolute atomic E-state index is 0.276. The maximum Gasteiger partial charge on any atom is 0.339 e. The monoisotopic (exact) mass is 414 g/mol. The number of ether oxygens (including phenoxy) is 1. The van der Waals surface area contributed by atoms with Crippen LogP contribution in [0.5, 0.6) is 0 Å². The Hall–Kier alpha value is -3.93. The molecule has 0 bridgehead atoms. The van der Waals surface area contributed by atoms with Crippen LogP contribution in [0.1, 0.15) is 22.8 Å². The SMILES string of the molecule is C[C@@H](OC(=O)c1cc(-c2ccco2)nc2ccccc12)C(=O)N(C)Cc1ccccc1. The summed E-state index contributed by atoms with van der Waals surface area (Å²) in [6.45, 7) is 2.01. The van der Waals surface area contributed by atoms with Gasteiger partial charge in [-0.1, -0.05) is 48.5 Å². The average Bonchev–Trinajstić information content (AvgIpc) is 3.33. The maximum absolute atomic E-state index is 13.0. The van der Waals surface area contributed by atoms with Gasteiger partial charge in [-0.2, -0.15) is 0 Å². The fraction of sp³-hybridized carbons (Fsp3) is 0.160. The molecule has 0 fully saturated rings. The third kappa shape index (κ3) is 4.48. The molecule has 0 radical (unpaired) electrons. The predicted octanol–water partition coefficient (Wildman–Crippen LogP) is 4.70. The number of nitrogens with zero attached hydrogens (tertiary/aromatic N) is 2. The van der Waals surface area contributed by atoms with Crippen LogP contribution in [0.25, 0.3) is 22.4 Å². The summed E-state index contributed by atoms with van der Waals surface area (Å²) >= 11 is 0. The number of fused-ring (bicyclic) bond motifs is 1. The maximum atomic E-state index is 13.0. The molecule has 6 heteroatoms. The number of carbonyl (C=O) groups excluding carboxylic acids is 2. The molecule has 4 aromatic rings. The predicted molar refractivity (Wildman–Crippen MR) is 117 cm³/mol. The summed E-state index contributed by atoms with van der Waals surface area (Å²) < 4.78 is 11.0. The number of furan rings is 1. The van der Waals surface area contributed by atoms with Gasteiger partial charge in [-0.05, 0) is 36.8 Å². The second-order valence-electron chi connectivity index (χ2n) is 7.28. The number of amides is 1. The van der Waals surface area contributed by atoms with Crippen molar-refractivity contribution in [1.82, 2.24) is 9.88 Å². The third-order valence-electron chi connectivity index (χ3n) is 4.98. The van der Waals surface area contributed by atoms with Crippen LogP contribution in [0.2, 0.25) is 0 Å². The zero-order chi connectivity index (χ0) is 21.8. The Morgan fingerprint density at radius 3 is 2.52 bits per heavy atom. The lowest BCUT2D eigenvalue weighted by molar-refractivity contribution is -0.139. The lowest BCUT2D eigenvalue weighted by atomic mass is 10.1. The summed E-state index contributed by atoms with van der Waals surface area (Å²) in [4.78, 5) is 31.9. The van der Waals surface area contributed by atoms with Gasteiger partial charge in [0.2, 0.25) is 0 Å². The van der Waals surface area contributed by atoms with Crippen LogP contribution in [-0.2, 0) is 16.1 Å². The van der Waals surface area contributed by atoms with Crippen LogP contribution in [0.15, 0.2) is 83.5 Å². The van der Waals surface area contributed by atoms with E-state index >= 15 is 0 Å². The minimum atomic E-state index is -0.930. The normalized spacial score (nSPS) is 11.8. The molecule has 0 N–H and O–H groups in total. The molecule has 0 saturated carbocycles. The van der Waals surface area contributed by atoms with Crippen molar-refractivity contribution in [2.45, 2.75) is 19.6 Å². The van der Waals surface area contributed by atoms with E-state index in [1.165, 1.54) is 0 Å². The Morgan fingerprint density at radius 1 is 1.03 bits per heavy atom. The summed E-state index contributed by atoms with van der Waals surface area (Å²) in [6.07, 6.45) is 0.619. The number of likely N-dealkylation sites (N-methyl/N-ethyl adjacent to an activating group) is 1. The van der Waals surface area contributed by atoms with E-state index in [1.807, 2.05) is 48.5 Å². The Bertz CT molecular complexity index is 1200. The van der Waals surface area contributed by atoms with E-state index in [9.17, 15) is 9.59 Å². The number of rotatable bonds is 6. The number of pyridine rings is 1. The number of carbonyl (C=O) groups is 2. The zero-order valence-electron chi connectivity index (χ0n) is 17.3. The van der Waals surface area contributed by atoms with Gasteiger partial charge < -0.3 is 14.1 Å². The van der Waals surface area contributed by atoms with Gasteiger partial charge in [-0.15, -0.1) is 0 Å². The van der Waals surface area contributed by atoms with E-state index in [2.05, 4.69) is 4.98 Å². The fourth-order valence-electron chi connectivity index (χ4n) is 3.41. The van der Waals surface area contributed by atoms with Crippen molar-refractivity contribution in [3.8, 4) is 11.5 Å². The molecule has 4 rings (SSSR count). The minimum Gasteiger partial charge on any atom is -0.463 e. The first-order valence-electron chi connectivity index (χ1n) is 9.96. The van der Waals surface area contributed by atoms with Crippen molar-refractivity contribution < 1.29 is 18.7 Å². The standard InChI is InChI=1S/C25H22N2O4/c1-17(24(28)27(2)16-18-9-4-3-5-10-18)31-25(29)20-15-22(23-13-8-14-30-23)26-21-12-7-6-11-19(20)21/h3-15,17H,16H2,1-2H3/t17-/m1/s1. The van der Waals surface area contributed by atoms with Crippen molar-refractivity contribution in [1.29, 1.82) is 0 Å². The van der Waals surface area contributed by atoms with Gasteiger partial charge in [-0.3, -0.25) is 4.79 Å². The molecular weight excluding hydrogens is 392 g/mol. The second-order valence-corrected chi connectivity index (χ2v) is 7.28.